The first-order valence-corrected chi connectivity index (χ1v) is 7.39. The number of hydrogen-bond acceptors (Lipinski definition) is 4. The lowest BCUT2D eigenvalue weighted by atomic mass is 10.0. The van der Waals surface area contributed by atoms with Crippen molar-refractivity contribution >= 4 is 17.5 Å². The maximum Gasteiger partial charge on any atom is 0.181 e. The van der Waals surface area contributed by atoms with Gasteiger partial charge in [-0.25, -0.2) is 0 Å². The van der Waals surface area contributed by atoms with E-state index in [-0.39, 0.29) is 11.8 Å². The zero-order valence-corrected chi connectivity index (χ0v) is 11.8. The Morgan fingerprint density at radius 1 is 1.44 bits per heavy atom. The van der Waals surface area contributed by atoms with Crippen molar-refractivity contribution in [1.82, 2.24) is 10.2 Å². The lowest BCUT2D eigenvalue weighted by molar-refractivity contribution is 0.0819. The van der Waals surface area contributed by atoms with Crippen LogP contribution < -0.4 is 5.32 Å². The fourth-order valence-corrected chi connectivity index (χ4v) is 2.84. The van der Waals surface area contributed by atoms with Crippen molar-refractivity contribution in [2.75, 3.05) is 32.4 Å². The molecule has 0 saturated carbocycles. The first kappa shape index (κ1) is 13.6. The van der Waals surface area contributed by atoms with Crippen LogP contribution in [0.4, 0.5) is 0 Å². The summed E-state index contributed by atoms with van der Waals surface area (Å²) in [7, 11) is 2.02. The Kier molecular flexibility index (Phi) is 4.80. The van der Waals surface area contributed by atoms with Crippen LogP contribution in [0.25, 0.3) is 0 Å². The second-order valence-electron chi connectivity index (χ2n) is 4.52. The van der Waals surface area contributed by atoms with Crippen LogP contribution in [0.2, 0.25) is 0 Å². The lowest BCUT2D eigenvalue weighted by Gasteiger charge is -2.31. The highest BCUT2D eigenvalue weighted by Crippen LogP contribution is 2.19. The number of benzene rings is 1. The minimum atomic E-state index is -0.0246. The summed E-state index contributed by atoms with van der Waals surface area (Å²) in [5.41, 5.74) is 0.816. The van der Waals surface area contributed by atoms with Crippen LogP contribution in [0, 0.1) is 0 Å². The summed E-state index contributed by atoms with van der Waals surface area (Å²) in [5, 5.41) is 3.28. The Morgan fingerprint density at radius 3 is 2.78 bits per heavy atom. The number of nitrogens with one attached hydrogen (secondary N) is 1. The highest BCUT2D eigenvalue weighted by molar-refractivity contribution is 7.99. The molecule has 18 heavy (non-hydrogen) atoms. The molecule has 1 aromatic rings. The zero-order valence-electron chi connectivity index (χ0n) is 11.0. The third kappa shape index (κ3) is 3.13. The van der Waals surface area contributed by atoms with E-state index in [1.807, 2.05) is 31.3 Å². The van der Waals surface area contributed by atoms with E-state index in [0.29, 0.717) is 0 Å². The summed E-state index contributed by atoms with van der Waals surface area (Å²) < 4.78 is 0. The molecule has 2 rings (SSSR count). The molecule has 0 aromatic heterocycles. The SMILES string of the molecule is CCSc1ccc(C(=O)C2CNCCN2C)cc1. The van der Waals surface area contributed by atoms with Gasteiger partial charge in [0.15, 0.2) is 5.78 Å². The maximum absolute atomic E-state index is 12.4. The minimum absolute atomic E-state index is 0.0246. The highest BCUT2D eigenvalue weighted by Gasteiger charge is 2.26. The van der Waals surface area contributed by atoms with Crippen LogP contribution in [-0.2, 0) is 0 Å². The first-order chi connectivity index (χ1) is 8.72. The van der Waals surface area contributed by atoms with Crippen LogP contribution >= 0.6 is 11.8 Å². The molecule has 1 atom stereocenters. The third-order valence-corrected chi connectivity index (χ3v) is 4.16. The number of ketones is 1. The lowest BCUT2D eigenvalue weighted by Crippen LogP contribution is -2.53. The molecule has 1 aliphatic rings. The van der Waals surface area contributed by atoms with Crippen LogP contribution in [0.1, 0.15) is 17.3 Å². The van der Waals surface area contributed by atoms with Gasteiger partial charge in [-0.2, -0.15) is 0 Å². The van der Waals surface area contributed by atoms with E-state index in [1.165, 1.54) is 4.90 Å². The van der Waals surface area contributed by atoms with Crippen LogP contribution in [0.15, 0.2) is 29.2 Å². The predicted octanol–water partition coefficient (Wildman–Crippen LogP) is 1.88. The van der Waals surface area contributed by atoms with Crippen molar-refractivity contribution in [3.05, 3.63) is 29.8 Å². The van der Waals surface area contributed by atoms with E-state index in [2.05, 4.69) is 17.1 Å². The minimum Gasteiger partial charge on any atom is -0.313 e. The normalized spacial score (nSPS) is 20.9. The molecule has 1 saturated heterocycles. The number of piperazine rings is 1. The third-order valence-electron chi connectivity index (χ3n) is 3.26. The molecule has 0 aliphatic carbocycles. The molecule has 0 radical (unpaired) electrons. The van der Waals surface area contributed by atoms with E-state index < -0.39 is 0 Å². The number of carbonyl (C=O) groups excluding carboxylic acids is 1. The van der Waals surface area contributed by atoms with Crippen molar-refractivity contribution in [3.8, 4) is 0 Å². The van der Waals surface area contributed by atoms with Crippen molar-refractivity contribution in [2.24, 2.45) is 0 Å². The van der Waals surface area contributed by atoms with E-state index >= 15 is 0 Å². The average Bonchev–Trinajstić information content (AvgIpc) is 2.40. The second-order valence-corrected chi connectivity index (χ2v) is 5.86. The van der Waals surface area contributed by atoms with E-state index in [0.717, 1.165) is 31.0 Å². The first-order valence-electron chi connectivity index (χ1n) is 6.40. The van der Waals surface area contributed by atoms with E-state index in [9.17, 15) is 4.79 Å². The standard InChI is InChI=1S/C14H20N2OS/c1-3-18-12-6-4-11(5-7-12)14(17)13-10-15-8-9-16(13)2/h4-7,13,15H,3,8-10H2,1-2H3. The summed E-state index contributed by atoms with van der Waals surface area (Å²) in [6.45, 7) is 4.78. The Balaban J connectivity index is 2.08. The molecule has 0 spiro atoms. The molecule has 1 aromatic carbocycles. The number of rotatable bonds is 4. The van der Waals surface area contributed by atoms with Gasteiger partial charge in [0.05, 0.1) is 6.04 Å². The fraction of sp³-hybridized carbons (Fsp3) is 0.500. The highest BCUT2D eigenvalue weighted by atomic mass is 32.2. The number of Topliss-reactive ketones (excluding diaryl/α,β-unsaturated/α-hetero) is 1. The predicted molar refractivity (Wildman–Crippen MR) is 76.5 cm³/mol. The molecule has 1 heterocycles. The van der Waals surface area contributed by atoms with Crippen LogP contribution in [0.3, 0.4) is 0 Å². The fourth-order valence-electron chi connectivity index (χ4n) is 2.17. The van der Waals surface area contributed by atoms with Gasteiger partial charge in [0.2, 0.25) is 0 Å². The number of hydrogen-bond donors (Lipinski definition) is 1. The van der Waals surface area contributed by atoms with E-state index in [1.54, 1.807) is 11.8 Å². The monoisotopic (exact) mass is 264 g/mol. The molecule has 0 amide bonds. The largest absolute Gasteiger partial charge is 0.313 e. The molecule has 4 heteroatoms. The van der Waals surface area contributed by atoms with E-state index in [4.69, 9.17) is 0 Å². The Morgan fingerprint density at radius 2 is 2.17 bits per heavy atom. The van der Waals surface area contributed by atoms with Gasteiger partial charge >= 0.3 is 0 Å². The van der Waals surface area contributed by atoms with Crippen LogP contribution in [-0.4, -0.2) is 49.2 Å². The summed E-state index contributed by atoms with van der Waals surface area (Å²) in [6.07, 6.45) is 0. The van der Waals surface area contributed by atoms with Gasteiger partial charge in [-0.05, 0) is 24.9 Å². The summed E-state index contributed by atoms with van der Waals surface area (Å²) in [5.74, 6) is 1.28. The summed E-state index contributed by atoms with van der Waals surface area (Å²) >= 11 is 1.80. The topological polar surface area (TPSA) is 32.3 Å². The Hall–Kier alpha value is -0.840. The quantitative estimate of drug-likeness (QED) is 0.665. The Labute approximate surface area is 113 Å². The molecular weight excluding hydrogens is 244 g/mol. The molecule has 98 valence electrons. The number of nitrogens with zero attached hydrogens (tertiary/aromatic N) is 1. The number of likely N-dealkylation sites (N-methyl/N-ethyl adjacent to an activating group) is 1. The molecule has 0 bridgehead atoms. The van der Waals surface area contributed by atoms with Gasteiger partial charge in [0.1, 0.15) is 0 Å². The average molecular weight is 264 g/mol. The van der Waals surface area contributed by atoms with Gasteiger partial charge in [-0.3, -0.25) is 9.69 Å². The van der Waals surface area contributed by atoms with Crippen molar-refractivity contribution in [1.29, 1.82) is 0 Å². The van der Waals surface area contributed by atoms with Gasteiger partial charge in [0.25, 0.3) is 0 Å². The Bertz CT molecular complexity index is 405. The number of thioether (sulfide) groups is 1. The van der Waals surface area contributed by atoms with Crippen molar-refractivity contribution < 1.29 is 4.79 Å². The molecular formula is C14H20N2OS. The van der Waals surface area contributed by atoms with Gasteiger partial charge < -0.3 is 5.32 Å². The molecule has 1 N–H and O–H groups in total. The molecule has 1 aliphatic heterocycles. The second kappa shape index (κ2) is 6.36. The summed E-state index contributed by atoms with van der Waals surface area (Å²) in [4.78, 5) is 15.7. The van der Waals surface area contributed by atoms with Crippen molar-refractivity contribution in [3.63, 3.8) is 0 Å². The zero-order chi connectivity index (χ0) is 13.0. The number of carbonyl (C=O) groups is 1. The smallest absolute Gasteiger partial charge is 0.181 e. The van der Waals surface area contributed by atoms with Crippen LogP contribution in [0.5, 0.6) is 0 Å². The molecule has 1 unspecified atom stereocenters. The molecule has 3 nitrogen and oxygen atoms in total. The van der Waals surface area contributed by atoms with Gasteiger partial charge in [-0.1, -0.05) is 19.1 Å². The summed E-state index contributed by atoms with van der Waals surface area (Å²) in [6, 6.07) is 7.95. The maximum atomic E-state index is 12.4. The van der Waals surface area contributed by atoms with Gasteiger partial charge in [-0.15, -0.1) is 11.8 Å². The van der Waals surface area contributed by atoms with Gasteiger partial charge in [0, 0.05) is 30.1 Å². The molecule has 1 fully saturated rings. The van der Waals surface area contributed by atoms with Crippen molar-refractivity contribution in [2.45, 2.75) is 17.9 Å².